The van der Waals surface area contributed by atoms with Gasteiger partial charge in [-0.25, -0.2) is 9.37 Å². The first-order valence-corrected chi connectivity index (χ1v) is 7.90. The summed E-state index contributed by atoms with van der Waals surface area (Å²) < 4.78 is 26.9. The Morgan fingerprint density at radius 2 is 1.62 bits per heavy atom. The molecule has 7 heteroatoms. The Labute approximate surface area is 146 Å². The number of rotatable bonds is 3. The van der Waals surface area contributed by atoms with E-state index in [0.717, 1.165) is 0 Å². The first-order chi connectivity index (χ1) is 12.8. The highest BCUT2D eigenvalue weighted by Gasteiger charge is 2.21. The van der Waals surface area contributed by atoms with Gasteiger partial charge in [0.05, 0.1) is 18.2 Å². The molecule has 0 saturated carbocycles. The first-order valence-electron chi connectivity index (χ1n) is 7.90. The highest BCUT2D eigenvalue weighted by Crippen LogP contribution is 2.32. The average molecular weight is 346 g/mol. The van der Waals surface area contributed by atoms with E-state index in [1.54, 1.807) is 59.5 Å². The van der Waals surface area contributed by atoms with Gasteiger partial charge in [0, 0.05) is 11.8 Å². The van der Waals surface area contributed by atoms with Crippen molar-refractivity contribution in [1.82, 2.24) is 19.6 Å². The van der Waals surface area contributed by atoms with Crippen LogP contribution in [0.2, 0.25) is 0 Å². The smallest absolute Gasteiger partial charge is 0.254 e. The molecule has 0 aliphatic rings. The third-order valence-electron chi connectivity index (χ3n) is 4.05. The maximum atomic E-state index is 14.2. The van der Waals surface area contributed by atoms with Gasteiger partial charge in [-0.3, -0.25) is 4.40 Å². The zero-order valence-corrected chi connectivity index (χ0v) is 13.3. The van der Waals surface area contributed by atoms with Crippen molar-refractivity contribution in [3.8, 4) is 34.2 Å². The van der Waals surface area contributed by atoms with E-state index in [0.29, 0.717) is 39.9 Å². The van der Waals surface area contributed by atoms with Gasteiger partial charge in [-0.2, -0.15) is 0 Å². The number of imidazole rings is 1. The average Bonchev–Trinajstić information content (AvgIpc) is 3.41. The number of fused-ring (bicyclic) bond motifs is 1. The van der Waals surface area contributed by atoms with Gasteiger partial charge in [0.25, 0.3) is 5.78 Å². The summed E-state index contributed by atoms with van der Waals surface area (Å²) in [5, 5.41) is 8.42. The molecule has 26 heavy (non-hydrogen) atoms. The van der Waals surface area contributed by atoms with Crippen LogP contribution in [0.3, 0.4) is 0 Å². The van der Waals surface area contributed by atoms with Crippen LogP contribution < -0.4 is 0 Å². The minimum Gasteiger partial charge on any atom is -0.463 e. The van der Waals surface area contributed by atoms with E-state index in [1.165, 1.54) is 6.07 Å². The number of furan rings is 2. The van der Waals surface area contributed by atoms with E-state index in [-0.39, 0.29) is 5.82 Å². The molecular weight excluding hydrogens is 335 g/mol. The minimum atomic E-state index is -0.352. The molecule has 0 unspecified atom stereocenters. The lowest BCUT2D eigenvalue weighted by Gasteiger charge is -2.06. The number of hydrogen-bond donors (Lipinski definition) is 0. The molecule has 0 bridgehead atoms. The molecule has 0 spiro atoms. The summed E-state index contributed by atoms with van der Waals surface area (Å²) in [6.45, 7) is 0. The zero-order chi connectivity index (χ0) is 17.5. The summed E-state index contributed by atoms with van der Waals surface area (Å²) in [5.41, 5.74) is 1.99. The number of aromatic nitrogens is 4. The Kier molecular flexibility index (Phi) is 3.18. The molecule has 0 aliphatic heterocycles. The standard InChI is InChI=1S/C19H11FN4O2/c20-13-6-2-1-5-12(13)14-11-24-18(16-8-4-10-26-16)17(15-7-3-9-25-15)22-23-19(24)21-14/h1-11H. The van der Waals surface area contributed by atoms with Crippen LogP contribution in [-0.4, -0.2) is 19.6 Å². The fourth-order valence-corrected chi connectivity index (χ4v) is 2.89. The topological polar surface area (TPSA) is 69.4 Å². The molecule has 0 fully saturated rings. The Morgan fingerprint density at radius 1 is 0.846 bits per heavy atom. The largest absolute Gasteiger partial charge is 0.463 e. The molecule has 0 atom stereocenters. The van der Waals surface area contributed by atoms with Crippen LogP contribution in [0.5, 0.6) is 0 Å². The predicted octanol–water partition coefficient (Wildman–Crippen LogP) is 4.45. The van der Waals surface area contributed by atoms with Crippen LogP contribution in [0.4, 0.5) is 4.39 Å². The third kappa shape index (κ3) is 2.21. The Balaban J connectivity index is 1.81. The molecule has 0 saturated heterocycles. The van der Waals surface area contributed by atoms with Crippen molar-refractivity contribution in [3.63, 3.8) is 0 Å². The quantitative estimate of drug-likeness (QED) is 0.483. The molecule has 0 radical (unpaired) electrons. The SMILES string of the molecule is Fc1ccccc1-c1cn2c(-c3ccco3)c(-c3ccco3)nnc2n1. The van der Waals surface area contributed by atoms with Crippen molar-refractivity contribution in [2.75, 3.05) is 0 Å². The van der Waals surface area contributed by atoms with Gasteiger partial charge < -0.3 is 8.83 Å². The predicted molar refractivity (Wildman–Crippen MR) is 91.6 cm³/mol. The van der Waals surface area contributed by atoms with E-state index in [1.807, 2.05) is 6.07 Å². The molecule has 126 valence electrons. The van der Waals surface area contributed by atoms with Gasteiger partial charge >= 0.3 is 0 Å². The lowest BCUT2D eigenvalue weighted by molar-refractivity contribution is 0.569. The third-order valence-corrected chi connectivity index (χ3v) is 4.05. The number of halogens is 1. The van der Waals surface area contributed by atoms with Crippen LogP contribution in [0.15, 0.2) is 76.1 Å². The number of hydrogen-bond acceptors (Lipinski definition) is 5. The second kappa shape index (κ2) is 5.66. The normalized spacial score (nSPS) is 11.3. The Morgan fingerprint density at radius 3 is 2.35 bits per heavy atom. The van der Waals surface area contributed by atoms with E-state index >= 15 is 0 Å². The molecule has 4 heterocycles. The van der Waals surface area contributed by atoms with Gasteiger partial charge in [0.15, 0.2) is 17.2 Å². The molecule has 1 aromatic carbocycles. The summed E-state index contributed by atoms with van der Waals surface area (Å²) in [6, 6.07) is 13.6. The fraction of sp³-hybridized carbons (Fsp3) is 0. The van der Waals surface area contributed by atoms with Gasteiger partial charge in [-0.1, -0.05) is 12.1 Å². The van der Waals surface area contributed by atoms with Crippen molar-refractivity contribution in [2.24, 2.45) is 0 Å². The monoisotopic (exact) mass is 346 g/mol. The van der Waals surface area contributed by atoms with Crippen molar-refractivity contribution >= 4 is 5.78 Å². The van der Waals surface area contributed by atoms with Crippen molar-refractivity contribution in [1.29, 1.82) is 0 Å². The molecule has 6 nitrogen and oxygen atoms in total. The Hall–Kier alpha value is -3.74. The molecule has 5 aromatic rings. The summed E-state index contributed by atoms with van der Waals surface area (Å²) in [5.74, 6) is 1.11. The van der Waals surface area contributed by atoms with Crippen molar-refractivity contribution in [3.05, 3.63) is 73.1 Å². The highest BCUT2D eigenvalue weighted by molar-refractivity contribution is 5.75. The molecule has 0 aliphatic carbocycles. The van der Waals surface area contributed by atoms with E-state index in [2.05, 4.69) is 15.2 Å². The molecule has 5 rings (SSSR count). The van der Waals surface area contributed by atoms with E-state index in [9.17, 15) is 4.39 Å². The number of benzene rings is 1. The summed E-state index contributed by atoms with van der Waals surface area (Å²) in [4.78, 5) is 4.41. The molecular formula is C19H11FN4O2. The van der Waals surface area contributed by atoms with Crippen LogP contribution in [0.1, 0.15) is 0 Å². The van der Waals surface area contributed by atoms with Gasteiger partial charge in [0.2, 0.25) is 0 Å². The first kappa shape index (κ1) is 14.6. The molecule has 0 N–H and O–H groups in total. The van der Waals surface area contributed by atoms with Crippen molar-refractivity contribution < 1.29 is 13.2 Å². The summed E-state index contributed by atoms with van der Waals surface area (Å²) in [7, 11) is 0. The zero-order valence-electron chi connectivity index (χ0n) is 13.3. The fourth-order valence-electron chi connectivity index (χ4n) is 2.89. The maximum Gasteiger partial charge on any atom is 0.254 e. The number of nitrogens with zero attached hydrogens (tertiary/aromatic N) is 4. The minimum absolute atomic E-state index is 0.338. The van der Waals surface area contributed by atoms with Crippen LogP contribution in [-0.2, 0) is 0 Å². The molecule has 0 amide bonds. The summed E-state index contributed by atoms with van der Waals surface area (Å²) >= 11 is 0. The highest BCUT2D eigenvalue weighted by atomic mass is 19.1. The van der Waals surface area contributed by atoms with Crippen molar-refractivity contribution in [2.45, 2.75) is 0 Å². The van der Waals surface area contributed by atoms with Gasteiger partial charge in [-0.15, -0.1) is 10.2 Å². The Bertz CT molecular complexity index is 1190. The second-order valence-electron chi connectivity index (χ2n) is 5.63. The van der Waals surface area contributed by atoms with Gasteiger partial charge in [-0.05, 0) is 36.4 Å². The van der Waals surface area contributed by atoms with Crippen LogP contribution in [0.25, 0.3) is 39.9 Å². The summed E-state index contributed by atoms with van der Waals surface area (Å²) in [6.07, 6.45) is 4.85. The van der Waals surface area contributed by atoms with E-state index < -0.39 is 0 Å². The van der Waals surface area contributed by atoms with Crippen LogP contribution >= 0.6 is 0 Å². The van der Waals surface area contributed by atoms with Gasteiger partial charge in [0.1, 0.15) is 11.5 Å². The lowest BCUT2D eigenvalue weighted by atomic mass is 10.1. The second-order valence-corrected chi connectivity index (χ2v) is 5.63. The lowest BCUT2D eigenvalue weighted by Crippen LogP contribution is -2.00. The van der Waals surface area contributed by atoms with Crippen LogP contribution in [0, 0.1) is 5.82 Å². The maximum absolute atomic E-state index is 14.2. The van der Waals surface area contributed by atoms with E-state index in [4.69, 9.17) is 8.83 Å². The molecule has 4 aromatic heterocycles.